The molecule has 3 aromatic rings. The maximum atomic E-state index is 12.9. The maximum Gasteiger partial charge on any atom is 0.318 e. The number of rotatable bonds is 7. The van der Waals surface area contributed by atoms with Crippen molar-refractivity contribution in [3.63, 3.8) is 0 Å². The number of hydrogen-bond donors (Lipinski definition) is 1. The molecular formula is C24H16Br2N4O6. The second-order valence-electron chi connectivity index (χ2n) is 7.52. The fourth-order valence-corrected chi connectivity index (χ4v) is 4.54. The zero-order valence-electron chi connectivity index (χ0n) is 18.7. The summed E-state index contributed by atoms with van der Waals surface area (Å²) < 4.78 is 6.70. The number of carbonyl (C=O) groups excluding carboxylic acids is 1. The quantitative estimate of drug-likeness (QED) is 0.130. The van der Waals surface area contributed by atoms with Gasteiger partial charge in [-0.15, -0.1) is 0 Å². The van der Waals surface area contributed by atoms with Crippen molar-refractivity contribution < 1.29 is 19.4 Å². The zero-order valence-corrected chi connectivity index (χ0v) is 21.9. The standard InChI is InChI=1S/C24H16Br2N4O6/c1-13-3-5-20(14(2)7-13)28-24(31)16(12-27)8-15-9-17(25)10-19(26)23(15)36-22-6-4-18(29(32)33)11-21(22)30(34)35/h3-11H,1-2H3,(H,28,31)/b16-8+. The molecule has 0 aliphatic carbocycles. The van der Waals surface area contributed by atoms with Crippen LogP contribution in [0.25, 0.3) is 6.08 Å². The SMILES string of the molecule is Cc1ccc(NC(=O)/C(C#N)=C/c2cc(Br)cc(Br)c2Oc2ccc([N+](=O)[O-])cc2[N+](=O)[O-])c(C)c1. The number of nitrogens with zero attached hydrogens (tertiary/aromatic N) is 3. The minimum atomic E-state index is -0.803. The summed E-state index contributed by atoms with van der Waals surface area (Å²) in [5, 5.41) is 34.9. The van der Waals surface area contributed by atoms with E-state index in [1.165, 1.54) is 6.08 Å². The lowest BCUT2D eigenvalue weighted by Crippen LogP contribution is -2.14. The van der Waals surface area contributed by atoms with Gasteiger partial charge in [-0.25, -0.2) is 0 Å². The molecule has 0 unspecified atom stereocenters. The van der Waals surface area contributed by atoms with Crippen LogP contribution in [0.5, 0.6) is 11.5 Å². The van der Waals surface area contributed by atoms with E-state index in [-0.39, 0.29) is 22.6 Å². The van der Waals surface area contributed by atoms with E-state index in [4.69, 9.17) is 4.74 Å². The summed E-state index contributed by atoms with van der Waals surface area (Å²) in [4.78, 5) is 33.8. The van der Waals surface area contributed by atoms with Crippen LogP contribution in [0, 0.1) is 45.4 Å². The fourth-order valence-electron chi connectivity index (χ4n) is 3.20. The summed E-state index contributed by atoms with van der Waals surface area (Å²) in [6, 6.07) is 13.4. The molecule has 0 aliphatic rings. The lowest BCUT2D eigenvalue weighted by molar-refractivity contribution is -0.394. The molecule has 1 amide bonds. The van der Waals surface area contributed by atoms with Crippen molar-refractivity contribution in [3.05, 3.63) is 100.0 Å². The highest BCUT2D eigenvalue weighted by molar-refractivity contribution is 9.11. The van der Waals surface area contributed by atoms with Gasteiger partial charge in [-0.05, 0) is 65.7 Å². The number of aryl methyl sites for hydroxylation is 2. The van der Waals surface area contributed by atoms with Crippen molar-refractivity contribution in [3.8, 4) is 17.6 Å². The number of ether oxygens (including phenoxy) is 1. The van der Waals surface area contributed by atoms with Gasteiger partial charge in [0.25, 0.3) is 11.6 Å². The average molecular weight is 616 g/mol. The van der Waals surface area contributed by atoms with Crippen molar-refractivity contribution in [2.24, 2.45) is 0 Å². The first-order valence-corrected chi connectivity index (χ1v) is 11.7. The first-order chi connectivity index (χ1) is 17.0. The maximum absolute atomic E-state index is 12.9. The van der Waals surface area contributed by atoms with Crippen molar-refractivity contribution in [1.82, 2.24) is 0 Å². The Labute approximate surface area is 221 Å². The predicted molar refractivity (Wildman–Crippen MR) is 140 cm³/mol. The van der Waals surface area contributed by atoms with Crippen molar-refractivity contribution in [2.45, 2.75) is 13.8 Å². The number of anilines is 1. The second kappa shape index (κ2) is 11.1. The molecule has 0 radical (unpaired) electrons. The number of hydrogen-bond acceptors (Lipinski definition) is 7. The Balaban J connectivity index is 2.04. The smallest absolute Gasteiger partial charge is 0.318 e. The average Bonchev–Trinajstić information content (AvgIpc) is 2.81. The Bertz CT molecular complexity index is 1480. The lowest BCUT2D eigenvalue weighted by atomic mass is 10.1. The lowest BCUT2D eigenvalue weighted by Gasteiger charge is -2.13. The minimum absolute atomic E-state index is 0.0576. The van der Waals surface area contributed by atoms with Gasteiger partial charge in [0.1, 0.15) is 17.4 Å². The second-order valence-corrected chi connectivity index (χ2v) is 9.29. The summed E-state index contributed by atoms with van der Waals surface area (Å²) in [5.74, 6) is -0.864. The molecule has 0 atom stereocenters. The summed E-state index contributed by atoms with van der Waals surface area (Å²) in [7, 11) is 0. The summed E-state index contributed by atoms with van der Waals surface area (Å²) in [6.07, 6.45) is 1.28. The normalized spacial score (nSPS) is 10.9. The van der Waals surface area contributed by atoms with Gasteiger partial charge >= 0.3 is 5.69 Å². The van der Waals surface area contributed by atoms with E-state index in [0.29, 0.717) is 14.6 Å². The Morgan fingerprint density at radius 3 is 2.39 bits per heavy atom. The molecule has 0 aromatic heterocycles. The molecule has 0 bridgehead atoms. The number of nitro benzene ring substituents is 2. The predicted octanol–water partition coefficient (Wildman–Crippen LogP) is 6.98. The number of halogens is 2. The molecule has 3 rings (SSSR count). The fraction of sp³-hybridized carbons (Fsp3) is 0.0833. The molecule has 12 heteroatoms. The highest BCUT2D eigenvalue weighted by Crippen LogP contribution is 2.41. The van der Waals surface area contributed by atoms with Gasteiger partial charge < -0.3 is 10.1 Å². The third-order valence-electron chi connectivity index (χ3n) is 4.89. The summed E-state index contributed by atoms with van der Waals surface area (Å²) in [6.45, 7) is 3.74. The van der Waals surface area contributed by atoms with Crippen molar-refractivity contribution in [1.29, 1.82) is 5.26 Å². The first-order valence-electron chi connectivity index (χ1n) is 10.1. The topological polar surface area (TPSA) is 148 Å². The molecule has 10 nitrogen and oxygen atoms in total. The van der Waals surface area contributed by atoms with E-state index in [0.717, 1.165) is 29.3 Å². The highest BCUT2D eigenvalue weighted by Gasteiger charge is 2.23. The van der Waals surface area contributed by atoms with Crippen LogP contribution >= 0.6 is 31.9 Å². The number of nitriles is 1. The van der Waals surface area contributed by atoms with Crippen LogP contribution in [0.4, 0.5) is 17.1 Å². The van der Waals surface area contributed by atoms with Crippen molar-refractivity contribution in [2.75, 3.05) is 5.32 Å². The van der Waals surface area contributed by atoms with E-state index < -0.39 is 27.1 Å². The van der Waals surface area contributed by atoms with Crippen LogP contribution in [0.2, 0.25) is 0 Å². The number of nitrogens with one attached hydrogen (secondary N) is 1. The molecule has 0 heterocycles. The van der Waals surface area contributed by atoms with Gasteiger partial charge in [0.05, 0.1) is 20.4 Å². The molecule has 182 valence electrons. The van der Waals surface area contributed by atoms with Gasteiger partial charge in [0, 0.05) is 21.8 Å². The molecular weight excluding hydrogens is 600 g/mol. The molecule has 36 heavy (non-hydrogen) atoms. The molecule has 1 N–H and O–H groups in total. The first kappa shape index (κ1) is 26.5. The Hall–Kier alpha value is -4.08. The van der Waals surface area contributed by atoms with E-state index in [2.05, 4.69) is 37.2 Å². The molecule has 0 aliphatic heterocycles. The third kappa shape index (κ3) is 6.12. The number of carbonyl (C=O) groups is 1. The van der Waals surface area contributed by atoms with Gasteiger partial charge in [0.2, 0.25) is 5.75 Å². The van der Waals surface area contributed by atoms with Crippen LogP contribution < -0.4 is 10.1 Å². The van der Waals surface area contributed by atoms with E-state index in [1.54, 1.807) is 18.2 Å². The van der Waals surface area contributed by atoms with Crippen LogP contribution in [-0.2, 0) is 4.79 Å². The Morgan fingerprint density at radius 2 is 1.78 bits per heavy atom. The van der Waals surface area contributed by atoms with Crippen LogP contribution in [0.1, 0.15) is 16.7 Å². The van der Waals surface area contributed by atoms with Gasteiger partial charge in [-0.3, -0.25) is 25.0 Å². The molecule has 0 fully saturated rings. The van der Waals surface area contributed by atoms with Gasteiger partial charge in [-0.2, -0.15) is 5.26 Å². The van der Waals surface area contributed by atoms with E-state index in [1.807, 2.05) is 32.0 Å². The molecule has 0 saturated carbocycles. The number of amides is 1. The molecule has 0 saturated heterocycles. The molecule has 0 spiro atoms. The Kier molecular flexibility index (Phi) is 8.18. The summed E-state index contributed by atoms with van der Waals surface area (Å²) in [5.41, 5.74) is 1.28. The largest absolute Gasteiger partial charge is 0.448 e. The third-order valence-corrected chi connectivity index (χ3v) is 5.94. The van der Waals surface area contributed by atoms with Crippen LogP contribution in [0.15, 0.2) is 63.0 Å². The zero-order chi connectivity index (χ0) is 26.6. The Morgan fingerprint density at radius 1 is 1.06 bits per heavy atom. The van der Waals surface area contributed by atoms with Crippen LogP contribution in [0.3, 0.4) is 0 Å². The number of benzene rings is 3. The summed E-state index contributed by atoms with van der Waals surface area (Å²) >= 11 is 6.66. The minimum Gasteiger partial charge on any atom is -0.448 e. The van der Waals surface area contributed by atoms with Gasteiger partial charge in [-0.1, -0.05) is 33.6 Å². The number of nitro groups is 2. The highest BCUT2D eigenvalue weighted by atomic mass is 79.9. The monoisotopic (exact) mass is 614 g/mol. The van der Waals surface area contributed by atoms with Crippen LogP contribution in [-0.4, -0.2) is 15.8 Å². The van der Waals surface area contributed by atoms with E-state index >= 15 is 0 Å². The van der Waals surface area contributed by atoms with Crippen molar-refractivity contribution >= 4 is 60.9 Å². The van der Waals surface area contributed by atoms with E-state index in [9.17, 15) is 30.3 Å². The molecule has 3 aromatic carbocycles. The van der Waals surface area contributed by atoms with Gasteiger partial charge in [0.15, 0.2) is 0 Å². The number of non-ortho nitro benzene ring substituents is 1.